The largest absolute Gasteiger partial charge is 0.384 e. The fourth-order valence-electron chi connectivity index (χ4n) is 1.05. The fraction of sp³-hybridized carbons (Fsp3) is 0.778. The molecule has 0 aliphatic rings. The molecule has 0 amide bonds. The summed E-state index contributed by atoms with van der Waals surface area (Å²) in [6.45, 7) is 2.97. The maximum atomic E-state index is 5.18. The highest BCUT2D eigenvalue weighted by Crippen LogP contribution is 2.09. The van der Waals surface area contributed by atoms with Gasteiger partial charge in [0.1, 0.15) is 0 Å². The zero-order chi connectivity index (χ0) is 7.82. The Balaban J connectivity index is 3.42. The Labute approximate surface area is 63.8 Å². The van der Waals surface area contributed by atoms with Crippen LogP contribution in [0.25, 0.3) is 0 Å². The van der Waals surface area contributed by atoms with E-state index >= 15 is 0 Å². The lowest BCUT2D eigenvalue weighted by Gasteiger charge is -2.10. The summed E-state index contributed by atoms with van der Waals surface area (Å²) in [7, 11) is 1.72. The van der Waals surface area contributed by atoms with Crippen LogP contribution in [0, 0.1) is 18.3 Å². The van der Waals surface area contributed by atoms with Crippen molar-refractivity contribution < 1.29 is 4.74 Å². The average Bonchev–Trinajstić information content (AvgIpc) is 1.90. The van der Waals surface area contributed by atoms with Gasteiger partial charge in [0.15, 0.2) is 0 Å². The highest BCUT2D eigenvalue weighted by atomic mass is 16.5. The van der Waals surface area contributed by atoms with E-state index in [0.29, 0.717) is 5.92 Å². The van der Waals surface area contributed by atoms with Gasteiger partial charge >= 0.3 is 0 Å². The van der Waals surface area contributed by atoms with E-state index in [4.69, 9.17) is 11.2 Å². The molecule has 0 radical (unpaired) electrons. The molecule has 0 N–H and O–H groups in total. The van der Waals surface area contributed by atoms with E-state index in [1.165, 1.54) is 12.8 Å². The summed E-state index contributed by atoms with van der Waals surface area (Å²) in [6.07, 6.45) is 8.40. The minimum Gasteiger partial charge on any atom is -0.384 e. The van der Waals surface area contributed by atoms with Gasteiger partial charge in [-0.05, 0) is 12.3 Å². The van der Waals surface area contributed by atoms with Gasteiger partial charge < -0.3 is 4.74 Å². The molecule has 0 bridgehead atoms. The number of terminal acetylenes is 1. The summed E-state index contributed by atoms with van der Waals surface area (Å²) in [6, 6.07) is 0. The van der Waals surface area contributed by atoms with E-state index in [0.717, 1.165) is 13.0 Å². The molecule has 0 fully saturated rings. The molecule has 58 valence electrons. The van der Waals surface area contributed by atoms with Crippen LogP contribution in [0.5, 0.6) is 0 Å². The molecular formula is C9H16O. The van der Waals surface area contributed by atoms with Crippen LogP contribution < -0.4 is 0 Å². The van der Waals surface area contributed by atoms with Gasteiger partial charge in [-0.1, -0.05) is 13.3 Å². The number of ether oxygens (including phenoxy) is 1. The summed E-state index contributed by atoms with van der Waals surface area (Å²) in [4.78, 5) is 0. The molecule has 0 rings (SSSR count). The lowest BCUT2D eigenvalue weighted by atomic mass is 10.0. The zero-order valence-electron chi connectivity index (χ0n) is 6.89. The molecular weight excluding hydrogens is 124 g/mol. The van der Waals surface area contributed by atoms with E-state index in [9.17, 15) is 0 Å². The molecule has 1 atom stereocenters. The molecule has 0 aromatic carbocycles. The van der Waals surface area contributed by atoms with Crippen LogP contribution in [0.1, 0.15) is 26.2 Å². The molecule has 0 aliphatic carbocycles. The Bertz CT molecular complexity index is 95.8. The Morgan fingerprint density at radius 3 is 2.70 bits per heavy atom. The van der Waals surface area contributed by atoms with E-state index in [-0.39, 0.29) is 0 Å². The van der Waals surface area contributed by atoms with E-state index in [1.807, 2.05) is 0 Å². The van der Waals surface area contributed by atoms with Gasteiger partial charge in [-0.25, -0.2) is 0 Å². The molecule has 0 aromatic rings. The normalized spacial score (nSPS) is 12.5. The van der Waals surface area contributed by atoms with Gasteiger partial charge in [0.05, 0.1) is 0 Å². The Morgan fingerprint density at radius 1 is 1.60 bits per heavy atom. The Hall–Kier alpha value is -0.480. The minimum absolute atomic E-state index is 0.569. The van der Waals surface area contributed by atoms with Crippen LogP contribution in [0.3, 0.4) is 0 Å². The first-order valence-electron chi connectivity index (χ1n) is 3.77. The SMILES string of the molecule is C#CC[C@@H](CCC)COC. The van der Waals surface area contributed by atoms with Gasteiger partial charge in [-0.3, -0.25) is 0 Å². The molecule has 0 spiro atoms. The lowest BCUT2D eigenvalue weighted by Crippen LogP contribution is -2.06. The molecule has 0 saturated heterocycles. The highest BCUT2D eigenvalue weighted by molar-refractivity contribution is 4.86. The van der Waals surface area contributed by atoms with E-state index < -0.39 is 0 Å². The molecule has 0 aliphatic heterocycles. The number of hydrogen-bond donors (Lipinski definition) is 0. The first-order valence-corrected chi connectivity index (χ1v) is 3.77. The molecule has 0 aromatic heterocycles. The monoisotopic (exact) mass is 140 g/mol. The van der Waals surface area contributed by atoms with Crippen molar-refractivity contribution in [3.63, 3.8) is 0 Å². The van der Waals surface area contributed by atoms with Gasteiger partial charge in [-0.15, -0.1) is 12.3 Å². The predicted octanol–water partition coefficient (Wildman–Crippen LogP) is 2.07. The van der Waals surface area contributed by atoms with Crippen molar-refractivity contribution in [2.75, 3.05) is 13.7 Å². The Kier molecular flexibility index (Phi) is 6.32. The molecule has 1 nitrogen and oxygen atoms in total. The molecule has 0 saturated carbocycles. The summed E-state index contributed by atoms with van der Waals surface area (Å²) >= 11 is 0. The van der Waals surface area contributed by atoms with Gasteiger partial charge in [0, 0.05) is 20.1 Å². The van der Waals surface area contributed by atoms with Crippen molar-refractivity contribution in [1.82, 2.24) is 0 Å². The first kappa shape index (κ1) is 9.52. The van der Waals surface area contributed by atoms with Crippen LogP contribution in [-0.2, 0) is 4.74 Å². The smallest absolute Gasteiger partial charge is 0.0499 e. The first-order chi connectivity index (χ1) is 4.85. The van der Waals surface area contributed by atoms with Crippen molar-refractivity contribution in [2.24, 2.45) is 5.92 Å². The zero-order valence-corrected chi connectivity index (χ0v) is 6.89. The quantitative estimate of drug-likeness (QED) is 0.531. The minimum atomic E-state index is 0.569. The summed E-state index contributed by atoms with van der Waals surface area (Å²) < 4.78 is 5.01. The number of hydrogen-bond acceptors (Lipinski definition) is 1. The third-order valence-corrected chi connectivity index (χ3v) is 1.51. The second-order valence-electron chi connectivity index (χ2n) is 2.52. The second kappa shape index (κ2) is 6.64. The third kappa shape index (κ3) is 4.40. The number of rotatable bonds is 5. The maximum absolute atomic E-state index is 5.18. The summed E-state index contributed by atoms with van der Waals surface area (Å²) in [5.74, 6) is 3.23. The van der Waals surface area contributed by atoms with Crippen molar-refractivity contribution in [3.8, 4) is 12.3 Å². The average molecular weight is 140 g/mol. The van der Waals surface area contributed by atoms with Crippen molar-refractivity contribution in [3.05, 3.63) is 0 Å². The standard InChI is InChI=1S/C9H16O/c1-4-6-9(7-5-2)8-10-3/h1,9H,5-8H2,2-3H3/t9-/m0/s1. The van der Waals surface area contributed by atoms with E-state index in [1.54, 1.807) is 7.11 Å². The molecule has 1 heteroatoms. The van der Waals surface area contributed by atoms with Gasteiger partial charge in [0.2, 0.25) is 0 Å². The second-order valence-corrected chi connectivity index (χ2v) is 2.52. The van der Waals surface area contributed by atoms with Gasteiger partial charge in [0.25, 0.3) is 0 Å². The van der Waals surface area contributed by atoms with E-state index in [2.05, 4.69) is 12.8 Å². The lowest BCUT2D eigenvalue weighted by molar-refractivity contribution is 0.149. The van der Waals surface area contributed by atoms with Crippen LogP contribution in [0.4, 0.5) is 0 Å². The van der Waals surface area contributed by atoms with Gasteiger partial charge in [-0.2, -0.15) is 0 Å². The highest BCUT2D eigenvalue weighted by Gasteiger charge is 2.03. The number of methoxy groups -OCH3 is 1. The van der Waals surface area contributed by atoms with Crippen molar-refractivity contribution >= 4 is 0 Å². The summed E-state index contributed by atoms with van der Waals surface area (Å²) in [5, 5.41) is 0. The van der Waals surface area contributed by atoms with Crippen LogP contribution in [0.15, 0.2) is 0 Å². The maximum Gasteiger partial charge on any atom is 0.0499 e. The molecule has 0 unspecified atom stereocenters. The van der Waals surface area contributed by atoms with Crippen LogP contribution >= 0.6 is 0 Å². The summed E-state index contributed by atoms with van der Waals surface area (Å²) in [5.41, 5.74) is 0. The van der Waals surface area contributed by atoms with Crippen LogP contribution in [-0.4, -0.2) is 13.7 Å². The molecule has 10 heavy (non-hydrogen) atoms. The van der Waals surface area contributed by atoms with Crippen LogP contribution in [0.2, 0.25) is 0 Å². The third-order valence-electron chi connectivity index (χ3n) is 1.51. The topological polar surface area (TPSA) is 9.23 Å². The fourth-order valence-corrected chi connectivity index (χ4v) is 1.05. The van der Waals surface area contributed by atoms with Crippen molar-refractivity contribution in [2.45, 2.75) is 26.2 Å². The van der Waals surface area contributed by atoms with Crippen molar-refractivity contribution in [1.29, 1.82) is 0 Å². The molecule has 0 heterocycles. The Morgan fingerprint density at radius 2 is 2.30 bits per heavy atom. The predicted molar refractivity (Wildman–Crippen MR) is 43.7 cm³/mol.